The predicted molar refractivity (Wildman–Crippen MR) is 142 cm³/mol. The number of piperidine rings is 1. The van der Waals surface area contributed by atoms with Crippen LogP contribution in [0.15, 0.2) is 54.2 Å². The molecule has 0 amide bonds. The smallest absolute Gasteiger partial charge is 0.138 e. The molecule has 2 aromatic carbocycles. The summed E-state index contributed by atoms with van der Waals surface area (Å²) in [4.78, 5) is 12.8. The molecule has 176 valence electrons. The first-order valence-corrected chi connectivity index (χ1v) is 12.9. The van der Waals surface area contributed by atoms with Gasteiger partial charge in [-0.25, -0.2) is 9.97 Å². The van der Waals surface area contributed by atoms with Crippen LogP contribution in [0.2, 0.25) is 0 Å². The molecule has 2 aromatic heterocycles. The van der Waals surface area contributed by atoms with Gasteiger partial charge in [0.1, 0.15) is 22.7 Å². The Balaban J connectivity index is 1.23. The Labute approximate surface area is 205 Å². The van der Waals surface area contributed by atoms with Crippen molar-refractivity contribution in [3.05, 3.63) is 70.9 Å². The van der Waals surface area contributed by atoms with Crippen molar-refractivity contribution >= 4 is 27.4 Å². The lowest BCUT2D eigenvalue weighted by Crippen LogP contribution is -2.35. The van der Waals surface area contributed by atoms with Crippen molar-refractivity contribution in [2.75, 3.05) is 32.1 Å². The number of hydrogen-bond acceptors (Lipinski definition) is 6. The van der Waals surface area contributed by atoms with Gasteiger partial charge in [0.2, 0.25) is 0 Å². The number of thiophene rings is 1. The lowest BCUT2D eigenvalue weighted by Gasteiger charge is -2.32. The summed E-state index contributed by atoms with van der Waals surface area (Å²) >= 11 is 1.67. The molecule has 3 heterocycles. The second-order valence-electron chi connectivity index (χ2n) is 9.31. The fourth-order valence-electron chi connectivity index (χ4n) is 4.79. The summed E-state index contributed by atoms with van der Waals surface area (Å²) in [6.07, 6.45) is 4.09. The molecule has 5 nitrogen and oxygen atoms in total. The number of nitrogens with zero attached hydrogens (tertiary/aromatic N) is 3. The van der Waals surface area contributed by atoms with E-state index >= 15 is 0 Å². The van der Waals surface area contributed by atoms with Gasteiger partial charge in [-0.05, 0) is 74.5 Å². The van der Waals surface area contributed by atoms with Gasteiger partial charge in [-0.2, -0.15) is 0 Å². The molecular formula is C28H32N4OS. The number of nitrogens with one attached hydrogen (secondary N) is 1. The fourth-order valence-corrected chi connectivity index (χ4v) is 5.71. The molecule has 0 radical (unpaired) electrons. The third kappa shape index (κ3) is 4.93. The quantitative estimate of drug-likeness (QED) is 0.342. The van der Waals surface area contributed by atoms with Crippen LogP contribution >= 0.6 is 11.3 Å². The molecule has 0 saturated carbocycles. The van der Waals surface area contributed by atoms with E-state index in [0.29, 0.717) is 5.92 Å². The second kappa shape index (κ2) is 10.1. The zero-order valence-corrected chi connectivity index (χ0v) is 21.0. The Morgan fingerprint density at radius 3 is 2.62 bits per heavy atom. The van der Waals surface area contributed by atoms with Gasteiger partial charge in [0, 0.05) is 24.0 Å². The van der Waals surface area contributed by atoms with Gasteiger partial charge >= 0.3 is 0 Å². The van der Waals surface area contributed by atoms with E-state index in [9.17, 15) is 0 Å². The zero-order chi connectivity index (χ0) is 23.5. The topological polar surface area (TPSA) is 50.3 Å². The summed E-state index contributed by atoms with van der Waals surface area (Å²) in [6, 6.07) is 15.0. The van der Waals surface area contributed by atoms with Gasteiger partial charge < -0.3 is 10.1 Å². The van der Waals surface area contributed by atoms with Crippen LogP contribution < -0.4 is 10.1 Å². The maximum Gasteiger partial charge on any atom is 0.138 e. The van der Waals surface area contributed by atoms with Crippen LogP contribution in [0, 0.1) is 19.8 Å². The van der Waals surface area contributed by atoms with Crippen molar-refractivity contribution < 1.29 is 4.74 Å². The van der Waals surface area contributed by atoms with E-state index in [-0.39, 0.29) is 0 Å². The van der Waals surface area contributed by atoms with Crippen LogP contribution in [-0.4, -0.2) is 41.6 Å². The van der Waals surface area contributed by atoms with Gasteiger partial charge in [-0.15, -0.1) is 11.3 Å². The van der Waals surface area contributed by atoms with Crippen LogP contribution in [0.3, 0.4) is 0 Å². The lowest BCUT2D eigenvalue weighted by molar-refractivity contribution is 0.182. The molecule has 1 aliphatic heterocycles. The van der Waals surface area contributed by atoms with E-state index in [2.05, 4.69) is 69.7 Å². The average molecular weight is 473 g/mol. The van der Waals surface area contributed by atoms with Gasteiger partial charge in [-0.3, -0.25) is 4.90 Å². The van der Waals surface area contributed by atoms with Crippen molar-refractivity contribution in [1.29, 1.82) is 0 Å². The van der Waals surface area contributed by atoms with E-state index in [1.807, 2.05) is 12.1 Å². The Kier molecular flexibility index (Phi) is 6.79. The minimum Gasteiger partial charge on any atom is -0.497 e. The van der Waals surface area contributed by atoms with E-state index in [4.69, 9.17) is 4.74 Å². The average Bonchev–Trinajstić information content (AvgIpc) is 3.31. The molecule has 0 aliphatic carbocycles. The lowest BCUT2D eigenvalue weighted by atomic mass is 9.95. The first-order valence-electron chi connectivity index (χ1n) is 12.0. The molecule has 4 aromatic rings. The molecule has 5 rings (SSSR count). The van der Waals surface area contributed by atoms with Crippen molar-refractivity contribution in [3.8, 4) is 16.9 Å². The minimum absolute atomic E-state index is 0.656. The van der Waals surface area contributed by atoms with Crippen molar-refractivity contribution in [2.24, 2.45) is 5.92 Å². The van der Waals surface area contributed by atoms with Crippen molar-refractivity contribution in [1.82, 2.24) is 14.9 Å². The molecule has 0 spiro atoms. The number of rotatable bonds is 7. The largest absolute Gasteiger partial charge is 0.497 e. The molecule has 0 atom stereocenters. The highest BCUT2D eigenvalue weighted by molar-refractivity contribution is 7.17. The van der Waals surface area contributed by atoms with Crippen LogP contribution in [0.4, 0.5) is 5.82 Å². The Hall–Kier alpha value is -2.96. The summed E-state index contributed by atoms with van der Waals surface area (Å²) in [7, 11) is 1.69. The first-order chi connectivity index (χ1) is 16.6. The zero-order valence-electron chi connectivity index (χ0n) is 20.2. The molecule has 1 N–H and O–H groups in total. The minimum atomic E-state index is 0.656. The predicted octanol–water partition coefficient (Wildman–Crippen LogP) is 6.31. The highest BCUT2D eigenvalue weighted by Gasteiger charge is 2.21. The number of methoxy groups -OCH3 is 1. The number of likely N-dealkylation sites (tertiary alicyclic amines) is 1. The van der Waals surface area contributed by atoms with Crippen LogP contribution in [0.1, 0.15) is 29.5 Å². The highest BCUT2D eigenvalue weighted by Crippen LogP contribution is 2.37. The maximum atomic E-state index is 5.32. The molecule has 6 heteroatoms. The molecule has 0 unspecified atom stereocenters. The third-order valence-electron chi connectivity index (χ3n) is 6.94. The summed E-state index contributed by atoms with van der Waals surface area (Å²) in [5, 5.41) is 6.96. The summed E-state index contributed by atoms with van der Waals surface area (Å²) in [5.41, 5.74) is 6.53. The fraction of sp³-hybridized carbons (Fsp3) is 0.357. The van der Waals surface area contributed by atoms with E-state index in [1.54, 1.807) is 24.8 Å². The monoisotopic (exact) mass is 472 g/mol. The number of benzene rings is 2. The number of fused-ring (bicyclic) bond motifs is 1. The van der Waals surface area contributed by atoms with Crippen LogP contribution in [0.5, 0.6) is 5.75 Å². The number of hydrogen-bond donors (Lipinski definition) is 1. The Morgan fingerprint density at radius 1 is 1.06 bits per heavy atom. The summed E-state index contributed by atoms with van der Waals surface area (Å²) in [6.45, 7) is 8.70. The SMILES string of the molecule is COc1ccc(-c2csc3ncnc(NCC4CCN(Cc5cc(C)ccc5C)CC4)c23)cc1. The molecule has 0 bridgehead atoms. The number of aromatic nitrogens is 2. The third-order valence-corrected chi connectivity index (χ3v) is 7.82. The normalized spacial score (nSPS) is 15.0. The number of aryl methyl sites for hydroxylation is 2. The number of anilines is 1. The van der Waals surface area contributed by atoms with Crippen molar-refractivity contribution in [2.45, 2.75) is 33.2 Å². The molecule has 1 fully saturated rings. The summed E-state index contributed by atoms with van der Waals surface area (Å²) in [5.74, 6) is 2.46. The Morgan fingerprint density at radius 2 is 1.85 bits per heavy atom. The molecule has 1 aliphatic rings. The molecule has 1 saturated heterocycles. The highest BCUT2D eigenvalue weighted by atomic mass is 32.1. The van der Waals surface area contributed by atoms with Gasteiger partial charge in [0.15, 0.2) is 0 Å². The van der Waals surface area contributed by atoms with Gasteiger partial charge in [-0.1, -0.05) is 35.9 Å². The second-order valence-corrected chi connectivity index (χ2v) is 10.2. The number of ether oxygens (including phenoxy) is 1. The standard InChI is InChI=1S/C28H32N4OS/c1-19-4-5-20(2)23(14-19)16-32-12-10-21(11-13-32)15-29-27-26-25(17-34-28(26)31-18-30-27)22-6-8-24(33-3)9-7-22/h4-9,14,17-18,21H,10-13,15-16H2,1-3H3,(H,29,30,31). The van der Waals surface area contributed by atoms with E-state index in [1.165, 1.54) is 35.1 Å². The van der Waals surface area contributed by atoms with Crippen LogP contribution in [0.25, 0.3) is 21.3 Å². The van der Waals surface area contributed by atoms with E-state index in [0.717, 1.165) is 53.5 Å². The van der Waals surface area contributed by atoms with Gasteiger partial charge in [0.25, 0.3) is 0 Å². The maximum absolute atomic E-state index is 5.32. The van der Waals surface area contributed by atoms with Crippen molar-refractivity contribution in [3.63, 3.8) is 0 Å². The van der Waals surface area contributed by atoms with Crippen LogP contribution in [-0.2, 0) is 6.54 Å². The molecular weight excluding hydrogens is 440 g/mol. The van der Waals surface area contributed by atoms with Gasteiger partial charge in [0.05, 0.1) is 12.5 Å². The van der Waals surface area contributed by atoms with E-state index < -0.39 is 0 Å². The Bertz CT molecular complexity index is 1260. The first kappa shape index (κ1) is 22.8. The molecule has 34 heavy (non-hydrogen) atoms. The summed E-state index contributed by atoms with van der Waals surface area (Å²) < 4.78 is 5.32.